The molecule has 142 valence electrons. The Bertz CT molecular complexity index is 897. The van der Waals surface area contributed by atoms with E-state index in [-0.39, 0.29) is 23.3 Å². The van der Waals surface area contributed by atoms with Crippen molar-refractivity contribution in [3.63, 3.8) is 0 Å². The van der Waals surface area contributed by atoms with E-state index in [0.29, 0.717) is 29.9 Å². The highest BCUT2D eigenvalue weighted by molar-refractivity contribution is 7.89. The lowest BCUT2D eigenvalue weighted by atomic mass is 10.0. The van der Waals surface area contributed by atoms with E-state index in [9.17, 15) is 13.8 Å². The summed E-state index contributed by atoms with van der Waals surface area (Å²) in [6.07, 6.45) is 1.69. The van der Waals surface area contributed by atoms with Crippen LogP contribution in [0.4, 0.5) is 10.1 Å². The van der Waals surface area contributed by atoms with E-state index >= 15 is 0 Å². The van der Waals surface area contributed by atoms with Gasteiger partial charge in [0.2, 0.25) is 0 Å². The number of nitrogens with zero attached hydrogens (tertiary/aromatic N) is 3. The Morgan fingerprint density at radius 3 is 2.85 bits per heavy atom. The molecule has 0 bridgehead atoms. The second-order valence-electron chi connectivity index (χ2n) is 6.07. The van der Waals surface area contributed by atoms with Gasteiger partial charge in [0, 0.05) is 12.8 Å². The van der Waals surface area contributed by atoms with Crippen LogP contribution < -0.4 is 10.2 Å². The third kappa shape index (κ3) is 5.58. The highest BCUT2D eigenvalue weighted by Crippen LogP contribution is 2.18. The maximum absolute atomic E-state index is 13.4. The SMILES string of the molecule is Cc1cc(N=C(NO)c2nonc2CC(C)CNS(C)(=N)=O)ccc1F. The van der Waals surface area contributed by atoms with Crippen molar-refractivity contribution in [3.05, 3.63) is 41.0 Å². The van der Waals surface area contributed by atoms with Gasteiger partial charge in [-0.1, -0.05) is 12.1 Å². The van der Waals surface area contributed by atoms with Gasteiger partial charge >= 0.3 is 0 Å². The second kappa shape index (κ2) is 8.34. The fraction of sp³-hybridized carbons (Fsp3) is 0.400. The molecule has 2 atom stereocenters. The summed E-state index contributed by atoms with van der Waals surface area (Å²) in [4.78, 5) is 4.21. The second-order valence-corrected chi connectivity index (χ2v) is 8.04. The van der Waals surface area contributed by atoms with Gasteiger partial charge in [-0.3, -0.25) is 10.7 Å². The first-order valence-electron chi connectivity index (χ1n) is 7.74. The van der Waals surface area contributed by atoms with E-state index in [1.54, 1.807) is 6.92 Å². The van der Waals surface area contributed by atoms with Crippen LogP contribution in [0.25, 0.3) is 0 Å². The summed E-state index contributed by atoms with van der Waals surface area (Å²) in [7, 11) is -2.79. The fourth-order valence-electron chi connectivity index (χ4n) is 2.18. The van der Waals surface area contributed by atoms with E-state index in [0.717, 1.165) is 0 Å². The minimum atomic E-state index is -2.79. The molecule has 0 saturated heterocycles. The van der Waals surface area contributed by atoms with Gasteiger partial charge in [-0.05, 0) is 48.2 Å². The summed E-state index contributed by atoms with van der Waals surface area (Å²) in [6.45, 7) is 3.82. The number of benzene rings is 1. The number of halogens is 1. The van der Waals surface area contributed by atoms with Gasteiger partial charge in [0.05, 0.1) is 5.69 Å². The molecule has 0 aliphatic heterocycles. The molecule has 0 radical (unpaired) electrons. The third-order valence-electron chi connectivity index (χ3n) is 3.52. The fourth-order valence-corrected chi connectivity index (χ4v) is 2.78. The highest BCUT2D eigenvalue weighted by atomic mass is 32.2. The molecule has 0 aliphatic rings. The molecule has 2 unspecified atom stereocenters. The Morgan fingerprint density at radius 2 is 2.23 bits per heavy atom. The average molecular weight is 384 g/mol. The van der Waals surface area contributed by atoms with Crippen molar-refractivity contribution in [2.45, 2.75) is 20.3 Å². The molecule has 0 amide bonds. The predicted molar refractivity (Wildman–Crippen MR) is 94.2 cm³/mol. The van der Waals surface area contributed by atoms with Gasteiger partial charge in [0.1, 0.15) is 21.4 Å². The van der Waals surface area contributed by atoms with Crippen LogP contribution in [0.15, 0.2) is 27.8 Å². The molecule has 26 heavy (non-hydrogen) atoms. The largest absolute Gasteiger partial charge is 0.290 e. The Morgan fingerprint density at radius 1 is 1.50 bits per heavy atom. The normalized spacial score (nSPS) is 15.5. The number of aryl methyl sites for hydroxylation is 1. The third-order valence-corrected chi connectivity index (χ3v) is 4.24. The van der Waals surface area contributed by atoms with Gasteiger partial charge in [-0.15, -0.1) is 0 Å². The standard InChI is InChI=1S/C15H21FN6O3S/c1-9(8-18-26(3,17)24)6-13-14(22-25-21-13)15(20-23)19-11-4-5-12(16)10(2)7-11/h4-5,7,9,23H,6,8H2,1-3H3,(H,19,20)(H2,17,18,24). The zero-order valence-corrected chi connectivity index (χ0v) is 15.4. The molecule has 1 heterocycles. The van der Waals surface area contributed by atoms with Crippen molar-refractivity contribution in [2.24, 2.45) is 10.9 Å². The smallest absolute Gasteiger partial charge is 0.181 e. The number of amidine groups is 1. The van der Waals surface area contributed by atoms with Gasteiger partial charge in [-0.25, -0.2) is 27.7 Å². The molecule has 11 heteroatoms. The first-order chi connectivity index (χ1) is 12.2. The van der Waals surface area contributed by atoms with Crippen molar-refractivity contribution in [1.29, 1.82) is 4.78 Å². The summed E-state index contributed by atoms with van der Waals surface area (Å²) in [5.74, 6) is -0.374. The lowest BCUT2D eigenvalue weighted by Crippen LogP contribution is -2.28. The number of aromatic nitrogens is 2. The van der Waals surface area contributed by atoms with Gasteiger partial charge < -0.3 is 0 Å². The van der Waals surface area contributed by atoms with E-state index in [1.807, 2.05) is 12.4 Å². The Kier molecular flexibility index (Phi) is 6.40. The molecule has 1 aromatic heterocycles. The van der Waals surface area contributed by atoms with E-state index in [2.05, 4.69) is 20.0 Å². The summed E-state index contributed by atoms with van der Waals surface area (Å²) in [5, 5.41) is 17.0. The first-order valence-corrected chi connectivity index (χ1v) is 9.71. The maximum atomic E-state index is 13.4. The zero-order chi connectivity index (χ0) is 19.3. The van der Waals surface area contributed by atoms with Crippen LogP contribution in [-0.2, 0) is 16.3 Å². The Hall–Kier alpha value is -2.37. The van der Waals surface area contributed by atoms with Crippen LogP contribution in [0.1, 0.15) is 23.9 Å². The number of hydroxylamine groups is 1. The van der Waals surface area contributed by atoms with E-state index in [1.165, 1.54) is 24.5 Å². The van der Waals surface area contributed by atoms with Crippen LogP contribution >= 0.6 is 0 Å². The lowest BCUT2D eigenvalue weighted by Gasteiger charge is -2.11. The summed E-state index contributed by atoms with van der Waals surface area (Å²) < 4.78 is 39.5. The quantitative estimate of drug-likeness (QED) is 0.327. The number of rotatable bonds is 7. The number of nitrogens with one attached hydrogen (secondary N) is 3. The van der Waals surface area contributed by atoms with Crippen molar-refractivity contribution in [3.8, 4) is 0 Å². The van der Waals surface area contributed by atoms with Crippen molar-refractivity contribution in [1.82, 2.24) is 20.5 Å². The minimum Gasteiger partial charge on any atom is -0.290 e. The predicted octanol–water partition coefficient (Wildman–Crippen LogP) is 1.93. The molecule has 9 nitrogen and oxygen atoms in total. The monoisotopic (exact) mass is 384 g/mol. The molecule has 0 spiro atoms. The molecule has 0 fully saturated rings. The van der Waals surface area contributed by atoms with Crippen molar-refractivity contribution < 1.29 is 18.4 Å². The zero-order valence-electron chi connectivity index (χ0n) is 14.6. The maximum Gasteiger partial charge on any atom is 0.181 e. The van der Waals surface area contributed by atoms with Crippen LogP contribution in [-0.4, -0.2) is 38.4 Å². The first kappa shape index (κ1) is 19.9. The summed E-state index contributed by atoms with van der Waals surface area (Å²) in [5.41, 5.74) is 3.45. The van der Waals surface area contributed by atoms with Crippen LogP contribution in [0.3, 0.4) is 0 Å². The molecule has 4 N–H and O–H groups in total. The number of hydrogen-bond donors (Lipinski definition) is 4. The van der Waals surface area contributed by atoms with Gasteiger partial charge in [0.25, 0.3) is 0 Å². The van der Waals surface area contributed by atoms with Crippen LogP contribution in [0, 0.1) is 23.4 Å². The Balaban J connectivity index is 2.20. The van der Waals surface area contributed by atoms with Crippen LogP contribution in [0.2, 0.25) is 0 Å². The molecule has 0 saturated carbocycles. The number of aliphatic imine (C=N–C) groups is 1. The van der Waals surface area contributed by atoms with Crippen LogP contribution in [0.5, 0.6) is 0 Å². The molecule has 0 aliphatic carbocycles. The molecular weight excluding hydrogens is 363 g/mol. The minimum absolute atomic E-state index is 0.00666. The average Bonchev–Trinajstić information content (AvgIpc) is 3.01. The molecule has 2 rings (SSSR count). The summed E-state index contributed by atoms with van der Waals surface area (Å²) in [6, 6.07) is 4.27. The highest BCUT2D eigenvalue weighted by Gasteiger charge is 2.19. The molecular formula is C15H21FN6O3S. The molecule has 2 aromatic rings. The topological polar surface area (TPSA) is 136 Å². The van der Waals surface area contributed by atoms with Crippen molar-refractivity contribution in [2.75, 3.05) is 12.8 Å². The Labute approximate surface area is 150 Å². The lowest BCUT2D eigenvalue weighted by molar-refractivity contribution is 0.234. The van der Waals surface area contributed by atoms with E-state index < -0.39 is 9.92 Å². The van der Waals surface area contributed by atoms with Gasteiger partial charge in [-0.2, -0.15) is 0 Å². The van der Waals surface area contributed by atoms with Crippen molar-refractivity contribution >= 4 is 21.4 Å². The molecule has 1 aromatic carbocycles. The van der Waals surface area contributed by atoms with Gasteiger partial charge in [0.15, 0.2) is 11.5 Å². The number of hydrogen-bond acceptors (Lipinski definition) is 7. The van der Waals surface area contributed by atoms with E-state index in [4.69, 9.17) is 9.41 Å². The summed E-state index contributed by atoms with van der Waals surface area (Å²) >= 11 is 0.